The molecule has 0 saturated heterocycles. The molecule has 27 heavy (non-hydrogen) atoms. The minimum atomic E-state index is 0.0133. The largest absolute Gasteiger partial charge is 0.395 e. The first-order valence-electron chi connectivity index (χ1n) is 11.1. The van der Waals surface area contributed by atoms with Gasteiger partial charge in [-0.1, -0.05) is 83.0 Å². The van der Waals surface area contributed by atoms with Crippen LogP contribution in [0.3, 0.4) is 0 Å². The SMILES string of the molecule is CCCCCCCCCC#CC#CCCCCCCCCC(=O)NCCO. The van der Waals surface area contributed by atoms with E-state index in [1.54, 1.807) is 0 Å². The number of aliphatic hydroxyl groups is 1. The number of amides is 1. The number of unbranched alkanes of at least 4 members (excludes halogenated alkanes) is 13. The summed E-state index contributed by atoms with van der Waals surface area (Å²) < 4.78 is 0. The van der Waals surface area contributed by atoms with Crippen molar-refractivity contribution in [3.63, 3.8) is 0 Å². The Labute approximate surface area is 168 Å². The van der Waals surface area contributed by atoms with Crippen molar-refractivity contribution in [2.75, 3.05) is 13.2 Å². The number of aliphatic hydroxyl groups excluding tert-OH is 1. The summed E-state index contributed by atoms with van der Waals surface area (Å²) in [4.78, 5) is 11.3. The van der Waals surface area contributed by atoms with E-state index in [1.807, 2.05) is 0 Å². The van der Waals surface area contributed by atoms with Crippen LogP contribution in [0.15, 0.2) is 0 Å². The lowest BCUT2D eigenvalue weighted by Gasteiger charge is -2.03. The van der Waals surface area contributed by atoms with Gasteiger partial charge >= 0.3 is 0 Å². The highest BCUT2D eigenvalue weighted by molar-refractivity contribution is 5.75. The van der Waals surface area contributed by atoms with Gasteiger partial charge in [0.05, 0.1) is 6.61 Å². The smallest absolute Gasteiger partial charge is 0.220 e. The van der Waals surface area contributed by atoms with E-state index in [0.717, 1.165) is 32.1 Å². The van der Waals surface area contributed by atoms with Crippen molar-refractivity contribution >= 4 is 5.91 Å². The van der Waals surface area contributed by atoms with Crippen molar-refractivity contribution in [2.24, 2.45) is 0 Å². The van der Waals surface area contributed by atoms with Gasteiger partial charge in [-0.3, -0.25) is 4.79 Å². The predicted molar refractivity (Wildman–Crippen MR) is 115 cm³/mol. The molecular weight excluding hydrogens is 334 g/mol. The molecule has 0 radical (unpaired) electrons. The second-order valence-electron chi connectivity index (χ2n) is 7.17. The predicted octanol–water partition coefficient (Wildman–Crippen LogP) is 5.36. The van der Waals surface area contributed by atoms with E-state index in [1.165, 1.54) is 64.2 Å². The van der Waals surface area contributed by atoms with Gasteiger partial charge in [-0.2, -0.15) is 0 Å². The monoisotopic (exact) mass is 375 g/mol. The Bertz CT molecular complexity index is 450. The second-order valence-corrected chi connectivity index (χ2v) is 7.17. The van der Waals surface area contributed by atoms with Gasteiger partial charge in [-0.05, 0) is 31.1 Å². The summed E-state index contributed by atoms with van der Waals surface area (Å²) in [5, 5.41) is 11.3. The molecule has 2 N–H and O–H groups in total. The normalized spacial score (nSPS) is 9.85. The fourth-order valence-electron chi connectivity index (χ4n) is 2.87. The standard InChI is InChI=1S/C24H41NO2/c1-2-3-4-5-6-7-8-9-10-11-12-13-14-15-16-17-18-19-20-21-24(27)25-22-23-26/h26H,2-9,14-23H2,1H3,(H,25,27). The van der Waals surface area contributed by atoms with Crippen molar-refractivity contribution in [3.8, 4) is 23.7 Å². The summed E-state index contributed by atoms with van der Waals surface area (Å²) >= 11 is 0. The maximum Gasteiger partial charge on any atom is 0.220 e. The molecule has 0 aromatic carbocycles. The molecule has 3 heteroatoms. The highest BCUT2D eigenvalue weighted by Gasteiger charge is 1.99. The average Bonchev–Trinajstić information content (AvgIpc) is 2.68. The van der Waals surface area contributed by atoms with Crippen LogP contribution in [0.4, 0.5) is 0 Å². The van der Waals surface area contributed by atoms with Crippen LogP contribution < -0.4 is 5.32 Å². The first kappa shape index (κ1) is 25.6. The molecule has 0 aromatic heterocycles. The number of nitrogens with one attached hydrogen (secondary N) is 1. The van der Waals surface area contributed by atoms with Crippen LogP contribution in [0.2, 0.25) is 0 Å². The summed E-state index contributed by atoms with van der Waals surface area (Å²) in [5.41, 5.74) is 0. The van der Waals surface area contributed by atoms with Crippen molar-refractivity contribution in [2.45, 2.75) is 110 Å². The molecule has 1 amide bonds. The van der Waals surface area contributed by atoms with E-state index in [2.05, 4.69) is 35.9 Å². The number of hydrogen-bond donors (Lipinski definition) is 2. The first-order chi connectivity index (χ1) is 13.3. The molecule has 0 aliphatic heterocycles. The molecule has 154 valence electrons. The number of carbonyl (C=O) groups is 1. The van der Waals surface area contributed by atoms with E-state index < -0.39 is 0 Å². The number of hydrogen-bond acceptors (Lipinski definition) is 2. The first-order valence-corrected chi connectivity index (χ1v) is 11.1. The summed E-state index contributed by atoms with van der Waals surface area (Å²) in [6.45, 7) is 2.63. The van der Waals surface area contributed by atoms with Gasteiger partial charge in [0, 0.05) is 25.8 Å². The van der Waals surface area contributed by atoms with Crippen LogP contribution in [0.1, 0.15) is 110 Å². The topological polar surface area (TPSA) is 49.3 Å². The number of carbonyl (C=O) groups excluding carboxylic acids is 1. The molecule has 0 heterocycles. The van der Waals surface area contributed by atoms with Crippen LogP contribution in [-0.2, 0) is 4.79 Å². The zero-order valence-corrected chi connectivity index (χ0v) is 17.6. The zero-order valence-electron chi connectivity index (χ0n) is 17.6. The summed E-state index contributed by atoms with van der Waals surface area (Å²) in [7, 11) is 0. The third-order valence-electron chi connectivity index (χ3n) is 4.53. The van der Waals surface area contributed by atoms with Crippen molar-refractivity contribution in [1.29, 1.82) is 0 Å². The summed E-state index contributed by atoms with van der Waals surface area (Å²) in [6.07, 6.45) is 18.6. The van der Waals surface area contributed by atoms with Crippen LogP contribution >= 0.6 is 0 Å². The molecule has 0 spiro atoms. The lowest BCUT2D eigenvalue weighted by Crippen LogP contribution is -2.25. The quantitative estimate of drug-likeness (QED) is 0.265. The van der Waals surface area contributed by atoms with Gasteiger partial charge in [-0.25, -0.2) is 0 Å². The molecule has 0 bridgehead atoms. The number of rotatable bonds is 17. The van der Waals surface area contributed by atoms with Crippen molar-refractivity contribution in [1.82, 2.24) is 5.32 Å². The van der Waals surface area contributed by atoms with E-state index in [9.17, 15) is 4.79 Å². The molecule has 0 fully saturated rings. The van der Waals surface area contributed by atoms with Gasteiger partial charge in [0.25, 0.3) is 0 Å². The van der Waals surface area contributed by atoms with Gasteiger partial charge in [0.2, 0.25) is 5.91 Å². The highest BCUT2D eigenvalue weighted by atomic mass is 16.3. The Morgan fingerprint density at radius 1 is 0.741 bits per heavy atom. The molecule has 0 unspecified atom stereocenters. The van der Waals surface area contributed by atoms with Gasteiger partial charge < -0.3 is 10.4 Å². The lowest BCUT2D eigenvalue weighted by atomic mass is 10.1. The van der Waals surface area contributed by atoms with Crippen molar-refractivity contribution in [3.05, 3.63) is 0 Å². The molecular formula is C24H41NO2. The van der Waals surface area contributed by atoms with E-state index >= 15 is 0 Å². The minimum Gasteiger partial charge on any atom is -0.395 e. The molecule has 0 saturated carbocycles. The van der Waals surface area contributed by atoms with Crippen LogP contribution in [0, 0.1) is 23.7 Å². The Morgan fingerprint density at radius 2 is 1.22 bits per heavy atom. The third kappa shape index (κ3) is 22.5. The van der Waals surface area contributed by atoms with Crippen molar-refractivity contribution < 1.29 is 9.90 Å². The second kappa shape index (κ2) is 22.6. The van der Waals surface area contributed by atoms with Gasteiger partial charge in [-0.15, -0.1) is 0 Å². The molecule has 0 aliphatic carbocycles. The Kier molecular flexibility index (Phi) is 21.4. The minimum absolute atomic E-state index is 0.0133. The molecule has 0 aliphatic rings. The molecule has 0 aromatic rings. The molecule has 3 nitrogen and oxygen atoms in total. The fourth-order valence-corrected chi connectivity index (χ4v) is 2.87. The van der Waals surface area contributed by atoms with Crippen LogP contribution in [0.5, 0.6) is 0 Å². The van der Waals surface area contributed by atoms with E-state index in [-0.39, 0.29) is 12.5 Å². The molecule has 0 rings (SSSR count). The Morgan fingerprint density at radius 3 is 1.74 bits per heavy atom. The van der Waals surface area contributed by atoms with Gasteiger partial charge in [0.15, 0.2) is 0 Å². The van der Waals surface area contributed by atoms with Crippen LogP contribution in [-0.4, -0.2) is 24.2 Å². The fraction of sp³-hybridized carbons (Fsp3) is 0.792. The maximum absolute atomic E-state index is 11.3. The van der Waals surface area contributed by atoms with Crippen LogP contribution in [0.25, 0.3) is 0 Å². The maximum atomic E-state index is 11.3. The third-order valence-corrected chi connectivity index (χ3v) is 4.53. The Hall–Kier alpha value is -1.45. The lowest BCUT2D eigenvalue weighted by molar-refractivity contribution is -0.121. The van der Waals surface area contributed by atoms with Gasteiger partial charge in [0.1, 0.15) is 0 Å². The average molecular weight is 376 g/mol. The Balaban J connectivity index is 3.30. The highest BCUT2D eigenvalue weighted by Crippen LogP contribution is 2.09. The summed E-state index contributed by atoms with van der Waals surface area (Å²) in [6, 6.07) is 0. The molecule has 0 atom stereocenters. The van der Waals surface area contributed by atoms with E-state index in [4.69, 9.17) is 5.11 Å². The zero-order chi connectivity index (χ0) is 19.8. The van der Waals surface area contributed by atoms with E-state index in [0.29, 0.717) is 13.0 Å². The summed E-state index contributed by atoms with van der Waals surface area (Å²) in [5.74, 6) is 12.3.